The van der Waals surface area contributed by atoms with Crippen molar-refractivity contribution in [1.82, 2.24) is 9.97 Å². The maximum absolute atomic E-state index is 12.4. The van der Waals surface area contributed by atoms with Gasteiger partial charge in [-0.25, -0.2) is 4.98 Å². The number of nitrogens with zero attached hydrogens (tertiary/aromatic N) is 2. The molecule has 0 bridgehead atoms. The Morgan fingerprint density at radius 2 is 1.79 bits per heavy atom. The van der Waals surface area contributed by atoms with Crippen LogP contribution < -0.4 is 5.32 Å². The quantitative estimate of drug-likeness (QED) is 0.922. The maximum atomic E-state index is 12.4. The van der Waals surface area contributed by atoms with E-state index >= 15 is 0 Å². The molecule has 0 aliphatic rings. The lowest BCUT2D eigenvalue weighted by molar-refractivity contribution is -0.137. The van der Waals surface area contributed by atoms with Gasteiger partial charge in [-0.2, -0.15) is 13.2 Å². The van der Waals surface area contributed by atoms with E-state index in [0.29, 0.717) is 5.82 Å². The average molecular weight is 267 g/mol. The molecule has 1 N–H and O–H groups in total. The molecule has 0 saturated carbocycles. The van der Waals surface area contributed by atoms with Crippen LogP contribution in [0.1, 0.15) is 24.1 Å². The fraction of sp³-hybridized carbons (Fsp3) is 0.231. The van der Waals surface area contributed by atoms with Gasteiger partial charge in [-0.3, -0.25) is 4.98 Å². The van der Waals surface area contributed by atoms with Gasteiger partial charge in [0.25, 0.3) is 0 Å². The minimum atomic E-state index is -4.36. The second-order valence-corrected chi connectivity index (χ2v) is 4.08. The normalized spacial score (nSPS) is 13.1. The van der Waals surface area contributed by atoms with Crippen molar-refractivity contribution in [2.24, 2.45) is 0 Å². The fourth-order valence-electron chi connectivity index (χ4n) is 1.60. The lowest BCUT2D eigenvalue weighted by Gasteiger charge is -2.15. The highest BCUT2D eigenvalue weighted by Crippen LogP contribution is 2.29. The summed E-state index contributed by atoms with van der Waals surface area (Å²) in [6.45, 7) is 1.90. The number of pyridine rings is 2. The molecule has 0 aliphatic heterocycles. The molecular weight excluding hydrogens is 255 g/mol. The monoisotopic (exact) mass is 267 g/mol. The molecule has 0 unspecified atom stereocenters. The lowest BCUT2D eigenvalue weighted by Crippen LogP contribution is -2.10. The van der Waals surface area contributed by atoms with Gasteiger partial charge < -0.3 is 5.32 Å². The van der Waals surface area contributed by atoms with Crippen LogP contribution in [0.3, 0.4) is 0 Å². The van der Waals surface area contributed by atoms with Crippen LogP contribution in [0.5, 0.6) is 0 Å². The van der Waals surface area contributed by atoms with Gasteiger partial charge in [-0.1, -0.05) is 0 Å². The van der Waals surface area contributed by atoms with E-state index in [9.17, 15) is 13.2 Å². The van der Waals surface area contributed by atoms with Gasteiger partial charge in [-0.15, -0.1) is 0 Å². The number of hydrogen-bond donors (Lipinski definition) is 1. The van der Waals surface area contributed by atoms with Crippen molar-refractivity contribution in [3.05, 3.63) is 54.0 Å². The third-order valence-corrected chi connectivity index (χ3v) is 2.66. The summed E-state index contributed by atoms with van der Waals surface area (Å²) in [5.74, 6) is 0.400. The lowest BCUT2D eigenvalue weighted by atomic mass is 10.1. The second kappa shape index (κ2) is 5.26. The molecule has 0 aromatic carbocycles. The van der Waals surface area contributed by atoms with Crippen LogP contribution in [-0.4, -0.2) is 9.97 Å². The zero-order valence-electron chi connectivity index (χ0n) is 10.1. The Balaban J connectivity index is 2.08. The first-order valence-electron chi connectivity index (χ1n) is 5.66. The van der Waals surface area contributed by atoms with E-state index in [4.69, 9.17) is 0 Å². The number of rotatable bonds is 3. The molecule has 0 spiro atoms. The molecule has 3 nitrogen and oxygen atoms in total. The topological polar surface area (TPSA) is 37.8 Å². The molecule has 2 aromatic heterocycles. The van der Waals surface area contributed by atoms with E-state index in [1.165, 1.54) is 6.07 Å². The van der Waals surface area contributed by atoms with Crippen LogP contribution in [0.15, 0.2) is 42.9 Å². The van der Waals surface area contributed by atoms with Crippen molar-refractivity contribution in [2.45, 2.75) is 19.1 Å². The predicted molar refractivity (Wildman–Crippen MR) is 65.5 cm³/mol. The van der Waals surface area contributed by atoms with Gasteiger partial charge in [0.2, 0.25) is 0 Å². The Kier molecular flexibility index (Phi) is 3.69. The molecule has 2 aromatic rings. The molecule has 2 heterocycles. The molecule has 19 heavy (non-hydrogen) atoms. The van der Waals surface area contributed by atoms with Crippen LogP contribution in [0.4, 0.5) is 19.0 Å². The summed E-state index contributed by atoms with van der Waals surface area (Å²) in [6, 6.07) is 5.94. The minimum Gasteiger partial charge on any atom is -0.364 e. The van der Waals surface area contributed by atoms with E-state index < -0.39 is 11.7 Å². The molecule has 6 heteroatoms. The van der Waals surface area contributed by atoms with Crippen molar-refractivity contribution in [3.63, 3.8) is 0 Å². The van der Waals surface area contributed by atoms with Crippen LogP contribution in [-0.2, 0) is 6.18 Å². The van der Waals surface area contributed by atoms with Crippen LogP contribution in [0, 0.1) is 0 Å². The van der Waals surface area contributed by atoms with Crippen molar-refractivity contribution in [3.8, 4) is 0 Å². The molecule has 0 fully saturated rings. The molecule has 100 valence electrons. The van der Waals surface area contributed by atoms with Gasteiger partial charge >= 0.3 is 6.18 Å². The van der Waals surface area contributed by atoms with E-state index in [1.54, 1.807) is 12.4 Å². The SMILES string of the molecule is C[C@@H](Nc1ccc(C(F)(F)F)cn1)c1ccncc1. The van der Waals surface area contributed by atoms with Crippen LogP contribution >= 0.6 is 0 Å². The van der Waals surface area contributed by atoms with Crippen molar-refractivity contribution in [2.75, 3.05) is 5.32 Å². The molecule has 1 atom stereocenters. The Hall–Kier alpha value is -2.11. The summed E-state index contributed by atoms with van der Waals surface area (Å²) in [6.07, 6.45) is -0.217. The van der Waals surface area contributed by atoms with Crippen molar-refractivity contribution >= 4 is 5.82 Å². The first kappa shape index (κ1) is 13.3. The summed E-state index contributed by atoms with van der Waals surface area (Å²) in [5.41, 5.74) is 0.228. The van der Waals surface area contributed by atoms with Crippen molar-refractivity contribution in [1.29, 1.82) is 0 Å². The highest BCUT2D eigenvalue weighted by Gasteiger charge is 2.30. The Labute approximate surface area is 108 Å². The summed E-state index contributed by atoms with van der Waals surface area (Å²) in [7, 11) is 0. The molecule has 0 aliphatic carbocycles. The third-order valence-electron chi connectivity index (χ3n) is 2.66. The standard InChI is InChI=1S/C13H12F3N3/c1-9(10-4-6-17-7-5-10)19-12-3-2-11(8-18-12)13(14,15)16/h2-9H,1H3,(H,18,19)/t9-/m1/s1. The highest BCUT2D eigenvalue weighted by atomic mass is 19.4. The molecule has 0 amide bonds. The van der Waals surface area contributed by atoms with E-state index in [1.807, 2.05) is 19.1 Å². The second-order valence-electron chi connectivity index (χ2n) is 4.08. The summed E-state index contributed by atoms with van der Waals surface area (Å²) in [5, 5.41) is 3.03. The van der Waals surface area contributed by atoms with Gasteiger partial charge in [0.1, 0.15) is 5.82 Å². The zero-order valence-corrected chi connectivity index (χ0v) is 10.1. The zero-order chi connectivity index (χ0) is 13.9. The van der Waals surface area contributed by atoms with Gasteiger partial charge in [0.15, 0.2) is 0 Å². The van der Waals surface area contributed by atoms with Crippen molar-refractivity contribution < 1.29 is 13.2 Å². The van der Waals surface area contributed by atoms with E-state index in [2.05, 4.69) is 15.3 Å². The largest absolute Gasteiger partial charge is 0.417 e. The van der Waals surface area contributed by atoms with E-state index in [0.717, 1.165) is 17.8 Å². The van der Waals surface area contributed by atoms with Gasteiger partial charge in [0.05, 0.1) is 11.6 Å². The first-order valence-corrected chi connectivity index (χ1v) is 5.66. The van der Waals surface area contributed by atoms with Gasteiger partial charge in [0, 0.05) is 18.6 Å². The predicted octanol–water partition coefficient (Wildman–Crippen LogP) is 3.67. The molecular formula is C13H12F3N3. The number of halogens is 3. The molecule has 0 radical (unpaired) electrons. The first-order chi connectivity index (χ1) is 8.97. The summed E-state index contributed by atoms with van der Waals surface area (Å²) < 4.78 is 37.1. The fourth-order valence-corrected chi connectivity index (χ4v) is 1.60. The number of anilines is 1. The third kappa shape index (κ3) is 3.43. The highest BCUT2D eigenvalue weighted by molar-refractivity contribution is 5.39. The average Bonchev–Trinajstić information content (AvgIpc) is 2.39. The number of nitrogens with one attached hydrogen (secondary N) is 1. The van der Waals surface area contributed by atoms with Crippen LogP contribution in [0.2, 0.25) is 0 Å². The summed E-state index contributed by atoms with van der Waals surface area (Å²) >= 11 is 0. The maximum Gasteiger partial charge on any atom is 0.417 e. The number of aromatic nitrogens is 2. The molecule has 0 saturated heterocycles. The van der Waals surface area contributed by atoms with Gasteiger partial charge in [-0.05, 0) is 36.8 Å². The number of hydrogen-bond acceptors (Lipinski definition) is 3. The molecule has 2 rings (SSSR count). The Bertz CT molecular complexity index is 523. The number of alkyl halides is 3. The summed E-state index contributed by atoms with van der Waals surface area (Å²) in [4.78, 5) is 7.67. The minimum absolute atomic E-state index is 0.0627. The Morgan fingerprint density at radius 1 is 1.11 bits per heavy atom. The smallest absolute Gasteiger partial charge is 0.364 e. The Morgan fingerprint density at radius 3 is 2.32 bits per heavy atom. The van der Waals surface area contributed by atoms with Crippen LogP contribution in [0.25, 0.3) is 0 Å². The van der Waals surface area contributed by atoms with E-state index in [-0.39, 0.29) is 6.04 Å².